The summed E-state index contributed by atoms with van der Waals surface area (Å²) >= 11 is 0. The number of carbonyl (C=O) groups is 2. The first-order chi connectivity index (χ1) is 16.4. The van der Waals surface area contributed by atoms with Crippen molar-refractivity contribution in [3.63, 3.8) is 0 Å². The number of hydrogen-bond acceptors (Lipinski definition) is 5. The summed E-state index contributed by atoms with van der Waals surface area (Å²) in [6.07, 6.45) is 1.14. The lowest BCUT2D eigenvalue weighted by molar-refractivity contribution is -0.117. The third-order valence-corrected chi connectivity index (χ3v) is 7.15. The Labute approximate surface area is 199 Å². The average molecular weight is 479 g/mol. The first-order valence-electron chi connectivity index (χ1n) is 11.1. The van der Waals surface area contributed by atoms with Crippen LogP contribution in [0.4, 0.5) is 5.69 Å². The minimum Gasteiger partial charge on any atom is -0.487 e. The fourth-order valence-electron chi connectivity index (χ4n) is 3.95. The molecule has 176 valence electrons. The maximum absolute atomic E-state index is 13.0. The zero-order valence-electron chi connectivity index (χ0n) is 18.8. The molecular formula is C26H26N2O5S. The van der Waals surface area contributed by atoms with Crippen LogP contribution >= 0.6 is 0 Å². The Bertz CT molecular complexity index is 1280. The number of benzene rings is 3. The molecule has 34 heavy (non-hydrogen) atoms. The molecule has 1 aliphatic rings. The van der Waals surface area contributed by atoms with Gasteiger partial charge < -0.3 is 4.74 Å². The van der Waals surface area contributed by atoms with Crippen molar-refractivity contribution < 1.29 is 22.7 Å². The maximum atomic E-state index is 13.0. The number of anilines is 1. The Morgan fingerprint density at radius 2 is 1.68 bits per heavy atom. The molecule has 3 aromatic carbocycles. The zero-order valence-corrected chi connectivity index (χ0v) is 19.6. The predicted molar refractivity (Wildman–Crippen MR) is 130 cm³/mol. The fraction of sp³-hybridized carbons (Fsp3) is 0.231. The molecule has 1 atom stereocenters. The summed E-state index contributed by atoms with van der Waals surface area (Å²) in [5.41, 5.74) is 2.71. The zero-order chi connectivity index (χ0) is 24.1. The summed E-state index contributed by atoms with van der Waals surface area (Å²) in [5, 5.41) is 0. The van der Waals surface area contributed by atoms with Crippen molar-refractivity contribution in [3.05, 3.63) is 95.6 Å². The Morgan fingerprint density at radius 3 is 2.29 bits per heavy atom. The molecular weight excluding hydrogens is 452 g/mol. The third-order valence-electron chi connectivity index (χ3n) is 5.75. The molecule has 1 heterocycles. The van der Waals surface area contributed by atoms with Crippen molar-refractivity contribution in [2.45, 2.75) is 26.4 Å². The molecule has 1 amide bonds. The van der Waals surface area contributed by atoms with E-state index in [0.29, 0.717) is 24.2 Å². The van der Waals surface area contributed by atoms with E-state index in [1.807, 2.05) is 72.3 Å². The van der Waals surface area contributed by atoms with Crippen LogP contribution in [0.3, 0.4) is 0 Å². The lowest BCUT2D eigenvalue weighted by Crippen LogP contribution is -2.30. The smallest absolute Gasteiger partial charge is 0.326 e. The molecule has 3 aromatic rings. The monoisotopic (exact) mass is 478 g/mol. The first kappa shape index (κ1) is 23.5. The molecule has 1 unspecified atom stereocenters. The van der Waals surface area contributed by atoms with E-state index in [9.17, 15) is 18.0 Å². The van der Waals surface area contributed by atoms with Gasteiger partial charge in [-0.3, -0.25) is 9.59 Å². The molecule has 0 aliphatic carbocycles. The molecule has 0 aromatic heterocycles. The fourth-order valence-corrected chi connectivity index (χ4v) is 5.11. The SMILES string of the molecule is CCC(Cc1ccc(N2CC(=O)NS2(=O)=O)c(OCc2ccccc2)c1)C(=O)c1ccccc1. The van der Waals surface area contributed by atoms with Gasteiger partial charge >= 0.3 is 10.2 Å². The second-order valence-corrected chi connectivity index (χ2v) is 9.75. The largest absolute Gasteiger partial charge is 0.487 e. The number of carbonyl (C=O) groups excluding carboxylic acids is 2. The standard InChI is InChI=1S/C26H26N2O5S/c1-2-21(26(30)22-11-7-4-8-12-22)15-20-13-14-23(28-17-25(29)27-34(28,31)32)24(16-20)33-18-19-9-5-3-6-10-19/h3-14,16,21H,2,15,17-18H2,1H3,(H,27,29). The van der Waals surface area contributed by atoms with Crippen molar-refractivity contribution in [1.82, 2.24) is 4.72 Å². The lowest BCUT2D eigenvalue weighted by Gasteiger charge is -2.21. The normalized spacial score (nSPS) is 15.6. The van der Waals surface area contributed by atoms with Gasteiger partial charge in [0.05, 0.1) is 5.69 Å². The summed E-state index contributed by atoms with van der Waals surface area (Å²) < 4.78 is 33.9. The molecule has 7 nitrogen and oxygen atoms in total. The number of nitrogens with zero attached hydrogens (tertiary/aromatic N) is 1. The minimum atomic E-state index is -3.99. The van der Waals surface area contributed by atoms with E-state index in [2.05, 4.69) is 0 Å². The number of amides is 1. The van der Waals surface area contributed by atoms with Gasteiger partial charge in [-0.2, -0.15) is 8.42 Å². The van der Waals surface area contributed by atoms with E-state index in [0.717, 1.165) is 15.4 Å². The van der Waals surface area contributed by atoms with Crippen LogP contribution in [-0.2, 0) is 28.0 Å². The van der Waals surface area contributed by atoms with Crippen molar-refractivity contribution in [3.8, 4) is 5.75 Å². The highest BCUT2D eigenvalue weighted by molar-refractivity contribution is 7.92. The van der Waals surface area contributed by atoms with E-state index in [-0.39, 0.29) is 30.5 Å². The molecule has 0 bridgehead atoms. The second kappa shape index (κ2) is 10.1. The van der Waals surface area contributed by atoms with Gasteiger partial charge in [0.2, 0.25) is 0 Å². The summed E-state index contributed by atoms with van der Waals surface area (Å²) in [7, 11) is -3.99. The van der Waals surface area contributed by atoms with Crippen LogP contribution in [0.5, 0.6) is 5.75 Å². The van der Waals surface area contributed by atoms with E-state index in [1.54, 1.807) is 18.2 Å². The quantitative estimate of drug-likeness (QED) is 0.471. The maximum Gasteiger partial charge on any atom is 0.326 e. The minimum absolute atomic E-state index is 0.0656. The number of ketones is 1. The van der Waals surface area contributed by atoms with Gasteiger partial charge in [-0.15, -0.1) is 0 Å². The van der Waals surface area contributed by atoms with Gasteiger partial charge in [-0.1, -0.05) is 73.7 Å². The number of Topliss-reactive ketones (excluding diaryl/α,β-unsaturated/α-hetero) is 1. The van der Waals surface area contributed by atoms with Gasteiger partial charge in [0.1, 0.15) is 18.9 Å². The second-order valence-electron chi connectivity index (χ2n) is 8.15. The molecule has 0 saturated carbocycles. The molecule has 1 saturated heterocycles. The lowest BCUT2D eigenvalue weighted by atomic mass is 9.89. The highest BCUT2D eigenvalue weighted by Crippen LogP contribution is 2.34. The average Bonchev–Trinajstić information content (AvgIpc) is 3.13. The van der Waals surface area contributed by atoms with Crippen LogP contribution in [0.2, 0.25) is 0 Å². The Kier molecular flexibility index (Phi) is 6.98. The predicted octanol–water partition coefficient (Wildman–Crippen LogP) is 3.90. The van der Waals surface area contributed by atoms with Crippen LogP contribution in [-0.4, -0.2) is 26.7 Å². The summed E-state index contributed by atoms with van der Waals surface area (Å²) in [6.45, 7) is 1.89. The Hall–Kier alpha value is -3.65. The number of rotatable bonds is 9. The van der Waals surface area contributed by atoms with Crippen LogP contribution in [0.15, 0.2) is 78.9 Å². The van der Waals surface area contributed by atoms with Crippen molar-refractivity contribution in [1.29, 1.82) is 0 Å². The van der Waals surface area contributed by atoms with Crippen molar-refractivity contribution >= 4 is 27.6 Å². The molecule has 0 radical (unpaired) electrons. The number of ether oxygens (including phenoxy) is 1. The van der Waals surface area contributed by atoms with Gasteiger partial charge in [0.25, 0.3) is 5.91 Å². The van der Waals surface area contributed by atoms with Crippen LogP contribution in [0, 0.1) is 5.92 Å². The highest BCUT2D eigenvalue weighted by Gasteiger charge is 2.36. The van der Waals surface area contributed by atoms with Crippen LogP contribution in [0.25, 0.3) is 0 Å². The van der Waals surface area contributed by atoms with Crippen molar-refractivity contribution in [2.75, 3.05) is 10.8 Å². The van der Waals surface area contributed by atoms with E-state index in [4.69, 9.17) is 4.74 Å². The van der Waals surface area contributed by atoms with Gasteiger partial charge in [-0.05, 0) is 36.1 Å². The highest BCUT2D eigenvalue weighted by atomic mass is 32.2. The van der Waals surface area contributed by atoms with Gasteiger partial charge in [0.15, 0.2) is 5.78 Å². The Morgan fingerprint density at radius 1 is 1.00 bits per heavy atom. The van der Waals surface area contributed by atoms with Crippen molar-refractivity contribution in [2.24, 2.45) is 5.92 Å². The number of nitrogens with one attached hydrogen (secondary N) is 1. The first-order valence-corrected chi connectivity index (χ1v) is 12.5. The van der Waals surface area contributed by atoms with E-state index >= 15 is 0 Å². The summed E-state index contributed by atoms with van der Waals surface area (Å²) in [5.74, 6) is -0.425. The summed E-state index contributed by atoms with van der Waals surface area (Å²) in [6, 6.07) is 23.9. The number of hydrogen-bond donors (Lipinski definition) is 1. The van der Waals surface area contributed by atoms with Gasteiger partial charge in [0, 0.05) is 11.5 Å². The van der Waals surface area contributed by atoms with Gasteiger partial charge in [-0.25, -0.2) is 9.03 Å². The molecule has 1 aliphatic heterocycles. The molecule has 8 heteroatoms. The van der Waals surface area contributed by atoms with E-state index < -0.39 is 16.1 Å². The third kappa shape index (κ3) is 5.28. The molecule has 0 spiro atoms. The molecule has 1 fully saturated rings. The topological polar surface area (TPSA) is 92.8 Å². The van der Waals surface area contributed by atoms with Crippen LogP contribution < -0.4 is 13.8 Å². The molecule has 1 N–H and O–H groups in total. The molecule has 4 rings (SSSR count). The Balaban J connectivity index is 1.63. The van der Waals surface area contributed by atoms with Crippen LogP contribution in [0.1, 0.15) is 34.8 Å². The van der Waals surface area contributed by atoms with E-state index in [1.165, 1.54) is 0 Å². The summed E-state index contributed by atoms with van der Waals surface area (Å²) in [4.78, 5) is 24.8.